The maximum absolute atomic E-state index is 11.7. The zero-order chi connectivity index (χ0) is 12.0. The normalized spacial score (nSPS) is 23.2. The topological polar surface area (TPSA) is 72.2 Å². The van der Waals surface area contributed by atoms with Gasteiger partial charge in [-0.2, -0.15) is 0 Å². The fraction of sp³-hybridized carbons (Fsp3) is 0.444. The molecule has 0 amide bonds. The van der Waals surface area contributed by atoms with Crippen molar-refractivity contribution in [3.63, 3.8) is 0 Å². The van der Waals surface area contributed by atoms with E-state index in [0.717, 1.165) is 4.57 Å². The Morgan fingerprint density at radius 2 is 2.12 bits per heavy atom. The Hall–Kier alpha value is -1.07. The highest BCUT2D eigenvalue weighted by Crippen LogP contribution is 2.37. The lowest BCUT2D eigenvalue weighted by molar-refractivity contribution is -0.140. The monoisotopic (exact) mass is 262 g/mol. The quantitative estimate of drug-likeness (QED) is 0.836. The van der Waals surface area contributed by atoms with Crippen molar-refractivity contribution in [3.05, 3.63) is 26.4 Å². The Bertz CT molecular complexity index is 526. The van der Waals surface area contributed by atoms with Gasteiger partial charge in [-0.25, -0.2) is 9.78 Å². The van der Waals surface area contributed by atoms with E-state index >= 15 is 0 Å². The fourth-order valence-corrected chi connectivity index (χ4v) is 2.59. The first-order valence-corrected chi connectivity index (χ1v) is 5.39. The van der Waals surface area contributed by atoms with Gasteiger partial charge in [0.2, 0.25) is 0 Å². The number of carboxylic acid groups (broad SMARTS) is 1. The molecule has 0 saturated carbocycles. The molecule has 1 N–H and O–H groups in total. The number of hydrogen-bond donors (Lipinski definition) is 1. The molecule has 0 aromatic carbocycles. The minimum atomic E-state index is -1.06. The van der Waals surface area contributed by atoms with Crippen LogP contribution in [-0.2, 0) is 4.79 Å². The van der Waals surface area contributed by atoms with Crippen molar-refractivity contribution >= 4 is 29.2 Å². The highest BCUT2D eigenvalue weighted by molar-refractivity contribution is 6.32. The molecule has 1 aromatic rings. The third kappa shape index (κ3) is 1.51. The molecule has 0 fully saturated rings. The van der Waals surface area contributed by atoms with Crippen LogP contribution in [0.5, 0.6) is 0 Å². The summed E-state index contributed by atoms with van der Waals surface area (Å²) in [4.78, 5) is 26.4. The van der Waals surface area contributed by atoms with E-state index in [1.807, 2.05) is 0 Å². The predicted octanol–water partition coefficient (Wildman–Crippen LogP) is 1.68. The number of aromatic nitrogens is 2. The van der Waals surface area contributed by atoms with Gasteiger partial charge in [-0.15, -0.1) is 0 Å². The van der Waals surface area contributed by atoms with Gasteiger partial charge in [-0.3, -0.25) is 9.36 Å². The number of aliphatic carboxylic acids is 1. The molecule has 0 spiro atoms. The molecule has 7 heteroatoms. The van der Waals surface area contributed by atoms with Gasteiger partial charge in [0.05, 0.1) is 5.69 Å². The molecule has 16 heavy (non-hydrogen) atoms. The molecule has 0 radical (unpaired) electrons. The highest BCUT2D eigenvalue weighted by atomic mass is 35.5. The Kier molecular flexibility index (Phi) is 2.67. The SMILES string of the molecule is CC1CC(C(=O)O)n2c1c(Cl)nc(Cl)c2=O. The molecule has 0 saturated heterocycles. The average Bonchev–Trinajstić information content (AvgIpc) is 2.53. The smallest absolute Gasteiger partial charge is 0.326 e. The van der Waals surface area contributed by atoms with Gasteiger partial charge in [0.25, 0.3) is 5.56 Å². The van der Waals surface area contributed by atoms with E-state index in [2.05, 4.69) is 4.98 Å². The largest absolute Gasteiger partial charge is 0.480 e. The number of carbonyl (C=O) groups is 1. The molecule has 2 rings (SSSR count). The summed E-state index contributed by atoms with van der Waals surface area (Å²) in [7, 11) is 0. The predicted molar refractivity (Wildman–Crippen MR) is 58.2 cm³/mol. The summed E-state index contributed by atoms with van der Waals surface area (Å²) in [6.45, 7) is 1.80. The maximum atomic E-state index is 11.7. The molecule has 0 bridgehead atoms. The third-order valence-electron chi connectivity index (χ3n) is 2.70. The zero-order valence-corrected chi connectivity index (χ0v) is 9.79. The van der Waals surface area contributed by atoms with Crippen LogP contribution >= 0.6 is 23.2 Å². The lowest BCUT2D eigenvalue weighted by Gasteiger charge is -2.10. The molecule has 1 aliphatic heterocycles. The Morgan fingerprint density at radius 3 is 2.69 bits per heavy atom. The van der Waals surface area contributed by atoms with Crippen molar-refractivity contribution in [2.45, 2.75) is 25.3 Å². The van der Waals surface area contributed by atoms with Gasteiger partial charge in [0.1, 0.15) is 6.04 Å². The molecule has 0 aliphatic carbocycles. The standard InChI is InChI=1S/C9H8Cl2N2O3/c1-3-2-4(9(15)16)13-5(3)6(10)12-7(11)8(13)14/h3-4H,2H2,1H3,(H,15,16). The van der Waals surface area contributed by atoms with Crippen LogP contribution in [0.3, 0.4) is 0 Å². The van der Waals surface area contributed by atoms with E-state index in [1.165, 1.54) is 0 Å². The van der Waals surface area contributed by atoms with Gasteiger partial charge in [0, 0.05) is 5.92 Å². The van der Waals surface area contributed by atoms with E-state index in [9.17, 15) is 9.59 Å². The molecular weight excluding hydrogens is 255 g/mol. The molecule has 86 valence electrons. The number of carboxylic acids is 1. The van der Waals surface area contributed by atoms with Crippen LogP contribution in [-0.4, -0.2) is 20.6 Å². The minimum absolute atomic E-state index is 0.0980. The van der Waals surface area contributed by atoms with Crippen LogP contribution in [0.2, 0.25) is 10.3 Å². The minimum Gasteiger partial charge on any atom is -0.480 e. The van der Waals surface area contributed by atoms with Crippen molar-refractivity contribution in [1.82, 2.24) is 9.55 Å². The highest BCUT2D eigenvalue weighted by Gasteiger charge is 2.36. The molecule has 5 nitrogen and oxygen atoms in total. The van der Waals surface area contributed by atoms with Crippen LogP contribution in [0.1, 0.15) is 31.0 Å². The van der Waals surface area contributed by atoms with Gasteiger partial charge in [-0.05, 0) is 6.42 Å². The Labute approximate surface area is 101 Å². The van der Waals surface area contributed by atoms with Gasteiger partial charge < -0.3 is 5.11 Å². The van der Waals surface area contributed by atoms with Crippen molar-refractivity contribution in [2.24, 2.45) is 0 Å². The summed E-state index contributed by atoms with van der Waals surface area (Å²) < 4.78 is 1.13. The zero-order valence-electron chi connectivity index (χ0n) is 8.28. The Morgan fingerprint density at radius 1 is 1.50 bits per heavy atom. The second-order valence-electron chi connectivity index (χ2n) is 3.74. The van der Waals surface area contributed by atoms with Gasteiger partial charge in [-0.1, -0.05) is 30.1 Å². The van der Waals surface area contributed by atoms with Crippen LogP contribution in [0.4, 0.5) is 0 Å². The summed E-state index contributed by atoms with van der Waals surface area (Å²) >= 11 is 11.5. The molecule has 2 heterocycles. The molecule has 2 unspecified atom stereocenters. The van der Waals surface area contributed by atoms with Gasteiger partial charge >= 0.3 is 5.97 Å². The molecule has 1 aromatic heterocycles. The summed E-state index contributed by atoms with van der Waals surface area (Å²) in [5.41, 5.74) is -0.152. The van der Waals surface area contributed by atoms with Crippen molar-refractivity contribution in [1.29, 1.82) is 0 Å². The fourth-order valence-electron chi connectivity index (χ4n) is 2.01. The van der Waals surface area contributed by atoms with Crippen LogP contribution in [0, 0.1) is 0 Å². The molecular formula is C9H8Cl2N2O3. The third-order valence-corrected chi connectivity index (χ3v) is 3.23. The summed E-state index contributed by atoms with van der Waals surface area (Å²) in [5.74, 6) is -1.18. The Balaban J connectivity index is 2.76. The maximum Gasteiger partial charge on any atom is 0.326 e. The number of halogens is 2. The van der Waals surface area contributed by atoms with E-state index in [0.29, 0.717) is 12.1 Å². The number of rotatable bonds is 1. The first-order valence-electron chi connectivity index (χ1n) is 4.63. The number of hydrogen-bond acceptors (Lipinski definition) is 3. The van der Waals surface area contributed by atoms with Crippen LogP contribution < -0.4 is 5.56 Å². The second-order valence-corrected chi connectivity index (χ2v) is 4.46. The molecule has 1 aliphatic rings. The average molecular weight is 263 g/mol. The summed E-state index contributed by atoms with van der Waals surface area (Å²) in [6.07, 6.45) is 0.326. The summed E-state index contributed by atoms with van der Waals surface area (Å²) in [6, 6.07) is -0.907. The van der Waals surface area contributed by atoms with Crippen molar-refractivity contribution in [3.8, 4) is 0 Å². The first kappa shape index (κ1) is 11.4. The van der Waals surface area contributed by atoms with Gasteiger partial charge in [0.15, 0.2) is 10.3 Å². The first-order chi connectivity index (χ1) is 7.43. The second kappa shape index (κ2) is 3.75. The van der Waals surface area contributed by atoms with E-state index in [-0.39, 0.29) is 16.2 Å². The molecule has 2 atom stereocenters. The lowest BCUT2D eigenvalue weighted by Crippen LogP contribution is -2.28. The van der Waals surface area contributed by atoms with E-state index in [1.54, 1.807) is 6.92 Å². The lowest BCUT2D eigenvalue weighted by atomic mass is 10.1. The van der Waals surface area contributed by atoms with Crippen molar-refractivity contribution < 1.29 is 9.90 Å². The van der Waals surface area contributed by atoms with E-state index < -0.39 is 17.6 Å². The number of fused-ring (bicyclic) bond motifs is 1. The van der Waals surface area contributed by atoms with E-state index in [4.69, 9.17) is 28.3 Å². The van der Waals surface area contributed by atoms with Crippen molar-refractivity contribution in [2.75, 3.05) is 0 Å². The number of nitrogens with zero attached hydrogens (tertiary/aromatic N) is 2. The summed E-state index contributed by atoms with van der Waals surface area (Å²) in [5, 5.41) is 8.82. The van der Waals surface area contributed by atoms with Crippen LogP contribution in [0.25, 0.3) is 0 Å². The van der Waals surface area contributed by atoms with Crippen LogP contribution in [0.15, 0.2) is 4.79 Å².